The first-order valence-corrected chi connectivity index (χ1v) is 11.9. The van der Waals surface area contributed by atoms with E-state index in [-0.39, 0.29) is 12.0 Å². The van der Waals surface area contributed by atoms with Crippen LogP contribution in [0.2, 0.25) is 5.02 Å². The van der Waals surface area contributed by atoms with Gasteiger partial charge in [-0.3, -0.25) is 0 Å². The van der Waals surface area contributed by atoms with Crippen LogP contribution in [-0.2, 0) is 10.5 Å². The number of carbonyl (C=O) groups excluding carboxylic acids is 1. The summed E-state index contributed by atoms with van der Waals surface area (Å²) in [7, 11) is 0. The van der Waals surface area contributed by atoms with Crippen LogP contribution in [0.1, 0.15) is 58.5 Å². The number of hydrogen-bond acceptors (Lipinski definition) is 7. The molecule has 1 amide bonds. The van der Waals surface area contributed by atoms with Crippen LogP contribution in [0.25, 0.3) is 4.96 Å². The molecule has 30 heavy (non-hydrogen) atoms. The number of fused-ring (bicyclic) bond motifs is 1. The third kappa shape index (κ3) is 5.65. The van der Waals surface area contributed by atoms with Crippen LogP contribution < -0.4 is 5.32 Å². The number of ether oxygens (including phenoxy) is 1. The van der Waals surface area contributed by atoms with E-state index in [0.29, 0.717) is 16.5 Å². The Kier molecular flexibility index (Phi) is 7.26. The van der Waals surface area contributed by atoms with Gasteiger partial charge in [-0.1, -0.05) is 73.2 Å². The summed E-state index contributed by atoms with van der Waals surface area (Å²) in [4.78, 5) is 13.1. The lowest BCUT2D eigenvalue weighted by atomic mass is 9.99. The first kappa shape index (κ1) is 22.8. The average Bonchev–Trinajstić information content (AvgIpc) is 3.24. The van der Waals surface area contributed by atoms with Gasteiger partial charge in [0.2, 0.25) is 4.96 Å². The Morgan fingerprint density at radius 1 is 1.33 bits per heavy atom. The van der Waals surface area contributed by atoms with Crippen molar-refractivity contribution >= 4 is 45.8 Å². The van der Waals surface area contributed by atoms with Crippen molar-refractivity contribution in [1.29, 1.82) is 0 Å². The highest BCUT2D eigenvalue weighted by Gasteiger charge is 2.29. The number of nitrogens with one attached hydrogen (secondary N) is 1. The maximum Gasteiger partial charge on any atom is 0.408 e. The highest BCUT2D eigenvalue weighted by Crippen LogP contribution is 2.32. The lowest BCUT2D eigenvalue weighted by Crippen LogP contribution is -2.38. The molecule has 1 N–H and O–H groups in total. The van der Waals surface area contributed by atoms with Crippen molar-refractivity contribution in [2.45, 2.75) is 62.8 Å². The molecule has 0 radical (unpaired) electrons. The topological polar surface area (TPSA) is 81.4 Å². The number of benzene rings is 1. The molecule has 1 aromatic carbocycles. The molecule has 2 atom stereocenters. The largest absolute Gasteiger partial charge is 0.444 e. The number of nitrogens with zero attached hydrogens (tertiary/aromatic N) is 4. The predicted octanol–water partition coefficient (Wildman–Crippen LogP) is 5.74. The molecule has 0 aliphatic carbocycles. The van der Waals surface area contributed by atoms with E-state index in [1.807, 2.05) is 45.0 Å². The molecule has 3 aromatic rings. The summed E-state index contributed by atoms with van der Waals surface area (Å²) in [5.41, 5.74) is 0.479. The van der Waals surface area contributed by atoms with E-state index in [2.05, 4.69) is 34.5 Å². The summed E-state index contributed by atoms with van der Waals surface area (Å²) in [5, 5.41) is 16.9. The van der Waals surface area contributed by atoms with Crippen molar-refractivity contribution in [2.75, 3.05) is 0 Å². The van der Waals surface area contributed by atoms with Gasteiger partial charge in [0.25, 0.3) is 0 Å². The number of hydrogen-bond donors (Lipinski definition) is 1. The van der Waals surface area contributed by atoms with E-state index >= 15 is 0 Å². The third-order valence-corrected chi connectivity index (χ3v) is 6.92. The van der Waals surface area contributed by atoms with Crippen LogP contribution in [-0.4, -0.2) is 31.5 Å². The van der Waals surface area contributed by atoms with Gasteiger partial charge in [0.1, 0.15) is 5.60 Å². The van der Waals surface area contributed by atoms with Crippen LogP contribution >= 0.6 is 34.7 Å². The summed E-state index contributed by atoms with van der Waals surface area (Å²) in [6.45, 7) is 9.64. The molecular formula is C20H26ClN5O2S2. The van der Waals surface area contributed by atoms with Gasteiger partial charge in [0, 0.05) is 10.8 Å². The van der Waals surface area contributed by atoms with Gasteiger partial charge in [0.15, 0.2) is 10.2 Å². The molecule has 3 rings (SSSR count). The Hall–Kier alpha value is -1.84. The molecule has 0 fully saturated rings. The number of rotatable bonds is 7. The van der Waals surface area contributed by atoms with E-state index in [1.54, 1.807) is 16.3 Å². The van der Waals surface area contributed by atoms with Gasteiger partial charge in [0.05, 0.1) is 6.04 Å². The zero-order valence-corrected chi connectivity index (χ0v) is 20.1. The summed E-state index contributed by atoms with van der Waals surface area (Å²) >= 11 is 9.31. The molecule has 2 aromatic heterocycles. The summed E-state index contributed by atoms with van der Waals surface area (Å²) < 4.78 is 8.01. The molecule has 162 valence electrons. The predicted molar refractivity (Wildman–Crippen MR) is 121 cm³/mol. The SMILES string of the molecule is CCC(C)C(NC(=O)OC(C)(C)C)c1nnc2sc(SCc3ccccc3Cl)nn12. The van der Waals surface area contributed by atoms with Crippen LogP contribution in [0.3, 0.4) is 0 Å². The molecule has 2 heterocycles. The number of carbonyl (C=O) groups is 1. The summed E-state index contributed by atoms with van der Waals surface area (Å²) in [6.07, 6.45) is 0.376. The molecule has 0 aliphatic heterocycles. The van der Waals surface area contributed by atoms with Gasteiger partial charge in [-0.2, -0.15) is 4.52 Å². The maximum absolute atomic E-state index is 12.4. The fourth-order valence-electron chi connectivity index (χ4n) is 2.75. The van der Waals surface area contributed by atoms with Crippen molar-refractivity contribution in [1.82, 2.24) is 25.1 Å². The van der Waals surface area contributed by atoms with Gasteiger partial charge in [-0.15, -0.1) is 15.3 Å². The zero-order chi connectivity index (χ0) is 21.9. The van der Waals surface area contributed by atoms with E-state index in [0.717, 1.165) is 21.3 Å². The van der Waals surface area contributed by atoms with Crippen LogP contribution in [0.15, 0.2) is 28.6 Å². The normalized spacial score (nSPS) is 13.9. The van der Waals surface area contributed by atoms with E-state index in [9.17, 15) is 4.79 Å². The third-order valence-electron chi connectivity index (χ3n) is 4.47. The second-order valence-electron chi connectivity index (χ2n) is 8.01. The Bertz CT molecular complexity index is 1010. The van der Waals surface area contributed by atoms with Gasteiger partial charge >= 0.3 is 6.09 Å². The average molecular weight is 468 g/mol. The van der Waals surface area contributed by atoms with Gasteiger partial charge < -0.3 is 10.1 Å². The van der Waals surface area contributed by atoms with Crippen molar-refractivity contribution in [3.05, 3.63) is 40.7 Å². The minimum absolute atomic E-state index is 0.130. The zero-order valence-electron chi connectivity index (χ0n) is 17.7. The van der Waals surface area contributed by atoms with Crippen molar-refractivity contribution < 1.29 is 9.53 Å². The number of aromatic nitrogens is 4. The molecule has 0 saturated carbocycles. The van der Waals surface area contributed by atoms with Crippen molar-refractivity contribution in [3.8, 4) is 0 Å². The molecule has 2 unspecified atom stereocenters. The number of alkyl carbamates (subject to hydrolysis) is 1. The number of amides is 1. The Labute approximate surface area is 189 Å². The van der Waals surface area contributed by atoms with Gasteiger partial charge in [-0.05, 0) is 38.3 Å². The first-order valence-electron chi connectivity index (χ1n) is 9.75. The minimum atomic E-state index is -0.576. The fourth-order valence-corrected chi connectivity index (χ4v) is 4.92. The lowest BCUT2D eigenvalue weighted by Gasteiger charge is -2.25. The molecule has 0 spiro atoms. The maximum atomic E-state index is 12.4. The minimum Gasteiger partial charge on any atom is -0.444 e. The molecular weight excluding hydrogens is 442 g/mol. The fraction of sp³-hybridized carbons (Fsp3) is 0.500. The monoisotopic (exact) mass is 467 g/mol. The molecule has 10 heteroatoms. The second-order valence-corrected chi connectivity index (χ2v) is 10.6. The number of thioether (sulfide) groups is 1. The Morgan fingerprint density at radius 3 is 2.73 bits per heavy atom. The standard InChI is InChI=1S/C20H26ClN5O2S2/c1-6-12(2)15(22-18(27)28-20(3,4)5)16-23-24-17-26(16)25-19(30-17)29-11-13-9-7-8-10-14(13)21/h7-10,12,15H,6,11H2,1-5H3,(H,22,27). The summed E-state index contributed by atoms with van der Waals surface area (Å²) in [5.74, 6) is 1.45. The van der Waals surface area contributed by atoms with E-state index in [1.165, 1.54) is 11.3 Å². The summed E-state index contributed by atoms with van der Waals surface area (Å²) in [6, 6.07) is 7.41. The highest BCUT2D eigenvalue weighted by atomic mass is 35.5. The van der Waals surface area contributed by atoms with Crippen LogP contribution in [0.4, 0.5) is 4.79 Å². The van der Waals surface area contributed by atoms with E-state index < -0.39 is 11.7 Å². The smallest absolute Gasteiger partial charge is 0.408 e. The molecule has 0 bridgehead atoms. The molecule has 7 nitrogen and oxygen atoms in total. The molecule has 0 saturated heterocycles. The van der Waals surface area contributed by atoms with Crippen molar-refractivity contribution in [3.63, 3.8) is 0 Å². The van der Waals surface area contributed by atoms with Gasteiger partial charge in [-0.25, -0.2) is 4.79 Å². The first-order chi connectivity index (χ1) is 14.2. The van der Waals surface area contributed by atoms with Crippen LogP contribution in [0, 0.1) is 5.92 Å². The second kappa shape index (κ2) is 9.53. The molecule has 0 aliphatic rings. The number of halogens is 1. The highest BCUT2D eigenvalue weighted by molar-refractivity contribution is 8.00. The van der Waals surface area contributed by atoms with E-state index in [4.69, 9.17) is 16.3 Å². The Morgan fingerprint density at radius 2 is 2.07 bits per heavy atom. The van der Waals surface area contributed by atoms with Crippen LogP contribution in [0.5, 0.6) is 0 Å². The van der Waals surface area contributed by atoms with Crippen molar-refractivity contribution in [2.24, 2.45) is 5.92 Å². The quantitative estimate of drug-likeness (QED) is 0.446. The lowest BCUT2D eigenvalue weighted by molar-refractivity contribution is 0.0482. The Balaban J connectivity index is 1.80.